The average molecular weight is 187 g/mol. The summed E-state index contributed by atoms with van der Waals surface area (Å²) in [4.78, 5) is 13.5. The van der Waals surface area contributed by atoms with Gasteiger partial charge in [-0.2, -0.15) is 0 Å². The number of hydrogen-bond donors (Lipinski definition) is 0. The summed E-state index contributed by atoms with van der Waals surface area (Å²) in [6.45, 7) is 2.67. The highest BCUT2D eigenvalue weighted by atomic mass is 16.2. The predicted octanol–water partition coefficient (Wildman–Crippen LogP) is 2.15. The summed E-state index contributed by atoms with van der Waals surface area (Å²) in [5.41, 5.74) is 2.33. The molecular weight excluding hydrogens is 174 g/mol. The van der Waals surface area contributed by atoms with Crippen molar-refractivity contribution in [2.24, 2.45) is 0 Å². The molecule has 2 rings (SSSR count). The van der Waals surface area contributed by atoms with Gasteiger partial charge in [-0.1, -0.05) is 24.3 Å². The number of carbonyl (C=O) groups is 1. The molecule has 0 unspecified atom stereocenters. The van der Waals surface area contributed by atoms with Gasteiger partial charge in [0.15, 0.2) is 0 Å². The van der Waals surface area contributed by atoms with E-state index in [0.29, 0.717) is 0 Å². The Morgan fingerprint density at radius 3 is 3.00 bits per heavy atom. The summed E-state index contributed by atoms with van der Waals surface area (Å²) in [7, 11) is 0. The Balaban J connectivity index is 2.30. The molecule has 0 fully saturated rings. The molecule has 1 aliphatic rings. The number of amides is 1. The maximum atomic E-state index is 11.6. The topological polar surface area (TPSA) is 20.3 Å². The highest BCUT2D eigenvalue weighted by molar-refractivity contribution is 6.02. The molecule has 1 aromatic carbocycles. The number of allylic oxidation sites excluding steroid dienone is 1. The smallest absolute Gasteiger partial charge is 0.250 e. The van der Waals surface area contributed by atoms with Gasteiger partial charge in [-0.3, -0.25) is 4.79 Å². The molecule has 72 valence electrons. The van der Waals surface area contributed by atoms with Gasteiger partial charge in [-0.15, -0.1) is 0 Å². The maximum absolute atomic E-state index is 11.6. The van der Waals surface area contributed by atoms with Crippen LogP contribution in [0.2, 0.25) is 0 Å². The highest BCUT2D eigenvalue weighted by Crippen LogP contribution is 2.27. The third kappa shape index (κ3) is 1.43. The van der Waals surface area contributed by atoms with Crippen LogP contribution < -0.4 is 4.90 Å². The Morgan fingerprint density at radius 1 is 1.43 bits per heavy atom. The molecule has 1 heterocycles. The lowest BCUT2D eigenvalue weighted by atomic mass is 10.2. The van der Waals surface area contributed by atoms with Crippen LogP contribution in [0.15, 0.2) is 36.4 Å². The largest absolute Gasteiger partial charge is 0.308 e. The van der Waals surface area contributed by atoms with E-state index in [0.717, 1.165) is 18.7 Å². The van der Waals surface area contributed by atoms with E-state index in [-0.39, 0.29) is 5.91 Å². The summed E-state index contributed by atoms with van der Waals surface area (Å²) < 4.78 is 0. The van der Waals surface area contributed by atoms with Crippen LogP contribution in [-0.2, 0) is 11.2 Å². The molecule has 14 heavy (non-hydrogen) atoms. The van der Waals surface area contributed by atoms with Crippen LogP contribution in [0.25, 0.3) is 0 Å². The van der Waals surface area contributed by atoms with Crippen molar-refractivity contribution in [3.8, 4) is 0 Å². The average Bonchev–Trinajstić information content (AvgIpc) is 2.61. The van der Waals surface area contributed by atoms with E-state index in [1.165, 1.54) is 5.56 Å². The van der Waals surface area contributed by atoms with Crippen molar-refractivity contribution in [2.75, 3.05) is 11.4 Å². The normalized spacial score (nSPS) is 14.8. The first-order chi connectivity index (χ1) is 6.83. The summed E-state index contributed by atoms with van der Waals surface area (Å²) in [5, 5.41) is 0. The summed E-state index contributed by atoms with van der Waals surface area (Å²) >= 11 is 0. The number of carbonyl (C=O) groups excluding carboxylic acids is 1. The fraction of sp³-hybridized carbons (Fsp3) is 0.250. The lowest BCUT2D eigenvalue weighted by Crippen LogP contribution is -2.26. The molecule has 0 aliphatic carbocycles. The van der Waals surface area contributed by atoms with E-state index in [4.69, 9.17) is 0 Å². The van der Waals surface area contributed by atoms with E-state index in [9.17, 15) is 4.79 Å². The Morgan fingerprint density at radius 2 is 2.21 bits per heavy atom. The van der Waals surface area contributed by atoms with Crippen molar-refractivity contribution < 1.29 is 4.79 Å². The second-order valence-corrected chi connectivity index (χ2v) is 3.37. The lowest BCUT2D eigenvalue weighted by molar-refractivity contribution is -0.114. The molecule has 0 saturated heterocycles. The second-order valence-electron chi connectivity index (χ2n) is 3.37. The van der Waals surface area contributed by atoms with E-state index in [1.54, 1.807) is 12.2 Å². The fourth-order valence-corrected chi connectivity index (χ4v) is 1.80. The van der Waals surface area contributed by atoms with Gasteiger partial charge in [0.25, 0.3) is 5.91 Å². The third-order valence-corrected chi connectivity index (χ3v) is 2.46. The van der Waals surface area contributed by atoms with Gasteiger partial charge < -0.3 is 4.90 Å². The minimum Gasteiger partial charge on any atom is -0.308 e. The van der Waals surface area contributed by atoms with Crippen molar-refractivity contribution in [1.29, 1.82) is 0 Å². The summed E-state index contributed by atoms with van der Waals surface area (Å²) in [6, 6.07) is 8.07. The maximum Gasteiger partial charge on any atom is 0.250 e. The number of fused-ring (bicyclic) bond motifs is 1. The Labute approximate surface area is 83.8 Å². The van der Waals surface area contributed by atoms with Crippen LogP contribution in [-0.4, -0.2) is 12.5 Å². The van der Waals surface area contributed by atoms with Crippen molar-refractivity contribution in [3.63, 3.8) is 0 Å². The number of benzene rings is 1. The van der Waals surface area contributed by atoms with Gasteiger partial charge in [-0.05, 0) is 31.1 Å². The van der Waals surface area contributed by atoms with Crippen LogP contribution in [0, 0.1) is 0 Å². The molecule has 0 aromatic heterocycles. The molecule has 0 radical (unpaired) electrons. The van der Waals surface area contributed by atoms with Gasteiger partial charge in [0.2, 0.25) is 0 Å². The summed E-state index contributed by atoms with van der Waals surface area (Å²) in [5.74, 6) is 0.0810. The quantitative estimate of drug-likeness (QED) is 0.617. The van der Waals surface area contributed by atoms with Crippen LogP contribution in [0.5, 0.6) is 0 Å². The van der Waals surface area contributed by atoms with Crippen LogP contribution in [0.3, 0.4) is 0 Å². The lowest BCUT2D eigenvalue weighted by Gasteiger charge is -2.14. The molecule has 1 aliphatic heterocycles. The first kappa shape index (κ1) is 9.00. The Bertz CT molecular complexity index is 382. The monoisotopic (exact) mass is 187 g/mol. The fourth-order valence-electron chi connectivity index (χ4n) is 1.80. The Kier molecular flexibility index (Phi) is 2.35. The van der Waals surface area contributed by atoms with Crippen LogP contribution >= 0.6 is 0 Å². The van der Waals surface area contributed by atoms with E-state index in [2.05, 4.69) is 6.07 Å². The zero-order valence-electron chi connectivity index (χ0n) is 8.23. The zero-order chi connectivity index (χ0) is 9.97. The summed E-state index contributed by atoms with van der Waals surface area (Å²) in [6.07, 6.45) is 4.37. The first-order valence-electron chi connectivity index (χ1n) is 4.85. The van der Waals surface area contributed by atoms with Crippen molar-refractivity contribution in [3.05, 3.63) is 42.0 Å². The van der Waals surface area contributed by atoms with Crippen molar-refractivity contribution >= 4 is 11.6 Å². The number of hydrogen-bond acceptors (Lipinski definition) is 1. The highest BCUT2D eigenvalue weighted by Gasteiger charge is 2.21. The number of rotatable bonds is 1. The van der Waals surface area contributed by atoms with Gasteiger partial charge in [0.1, 0.15) is 0 Å². The van der Waals surface area contributed by atoms with Gasteiger partial charge >= 0.3 is 0 Å². The molecule has 0 atom stereocenters. The van der Waals surface area contributed by atoms with Gasteiger partial charge in [0, 0.05) is 12.2 Å². The second kappa shape index (κ2) is 3.66. The molecule has 2 heteroatoms. The standard InChI is InChI=1S/C12H13NO/c1-2-5-12(14)13-9-8-10-6-3-4-7-11(10)13/h2-7H,8-9H2,1H3. The minimum absolute atomic E-state index is 0.0810. The molecule has 0 bridgehead atoms. The number of anilines is 1. The number of para-hydroxylation sites is 1. The Hall–Kier alpha value is -1.57. The van der Waals surface area contributed by atoms with Crippen LogP contribution in [0.1, 0.15) is 12.5 Å². The molecule has 0 N–H and O–H groups in total. The van der Waals surface area contributed by atoms with Crippen molar-refractivity contribution in [1.82, 2.24) is 0 Å². The molecule has 1 aromatic rings. The van der Waals surface area contributed by atoms with E-state index in [1.807, 2.05) is 30.0 Å². The van der Waals surface area contributed by atoms with E-state index >= 15 is 0 Å². The van der Waals surface area contributed by atoms with Gasteiger partial charge in [-0.25, -0.2) is 0 Å². The SMILES string of the molecule is CC=CC(=O)N1CCc2ccccc21. The predicted molar refractivity (Wildman–Crippen MR) is 57.3 cm³/mol. The molecule has 0 saturated carbocycles. The molecule has 2 nitrogen and oxygen atoms in total. The van der Waals surface area contributed by atoms with Crippen molar-refractivity contribution in [2.45, 2.75) is 13.3 Å². The van der Waals surface area contributed by atoms with Gasteiger partial charge in [0.05, 0.1) is 0 Å². The minimum atomic E-state index is 0.0810. The first-order valence-corrected chi connectivity index (χ1v) is 4.85. The third-order valence-electron chi connectivity index (χ3n) is 2.46. The zero-order valence-corrected chi connectivity index (χ0v) is 8.23. The molecule has 0 spiro atoms. The van der Waals surface area contributed by atoms with E-state index < -0.39 is 0 Å². The molecule has 1 amide bonds. The molecular formula is C12H13NO. The van der Waals surface area contributed by atoms with Crippen LogP contribution in [0.4, 0.5) is 5.69 Å². The number of nitrogens with zero attached hydrogens (tertiary/aromatic N) is 1.